The molecule has 6 nitrogen and oxygen atoms in total. The number of esters is 1. The number of nitrogens with zero attached hydrogens (tertiary/aromatic N) is 2. The minimum atomic E-state index is -0.549. The zero-order chi connectivity index (χ0) is 14.8. The van der Waals surface area contributed by atoms with Crippen LogP contribution >= 0.6 is 11.3 Å². The second-order valence-electron chi connectivity index (χ2n) is 4.76. The van der Waals surface area contributed by atoms with Crippen molar-refractivity contribution in [1.29, 1.82) is 0 Å². The predicted molar refractivity (Wildman–Crippen MR) is 75.1 cm³/mol. The molecule has 0 spiro atoms. The first-order valence-electron chi connectivity index (χ1n) is 6.56. The summed E-state index contributed by atoms with van der Waals surface area (Å²) in [5.74, 6) is -0.231. The minimum absolute atomic E-state index is 0.0229. The van der Waals surface area contributed by atoms with Crippen LogP contribution in [0.2, 0.25) is 0 Å². The molecule has 2 heterocycles. The van der Waals surface area contributed by atoms with Crippen molar-refractivity contribution in [3.05, 3.63) is 40.2 Å². The van der Waals surface area contributed by atoms with Crippen molar-refractivity contribution in [2.75, 3.05) is 7.11 Å². The van der Waals surface area contributed by atoms with Gasteiger partial charge in [0.25, 0.3) is 5.91 Å². The van der Waals surface area contributed by atoms with Crippen LogP contribution in [-0.2, 0) is 11.3 Å². The third-order valence-corrected chi connectivity index (χ3v) is 4.09. The monoisotopic (exact) mass is 306 g/mol. The van der Waals surface area contributed by atoms with Gasteiger partial charge in [0, 0.05) is 6.04 Å². The molecule has 3 rings (SSSR count). The summed E-state index contributed by atoms with van der Waals surface area (Å²) >= 11 is 1.41. The van der Waals surface area contributed by atoms with E-state index in [0.29, 0.717) is 10.8 Å². The molecular formula is C14H14N2O4S. The molecule has 0 aromatic carbocycles. The zero-order valence-electron chi connectivity index (χ0n) is 11.4. The number of carbonyl (C=O) groups is 2. The Hall–Kier alpha value is -2.15. The molecule has 7 heteroatoms. The molecule has 0 atom stereocenters. The summed E-state index contributed by atoms with van der Waals surface area (Å²) in [6.07, 6.45) is 3.23. The van der Waals surface area contributed by atoms with Gasteiger partial charge in [-0.3, -0.25) is 4.79 Å². The summed E-state index contributed by atoms with van der Waals surface area (Å²) in [5, 5.41) is 1.87. The summed E-state index contributed by atoms with van der Waals surface area (Å²) in [5.41, 5.74) is 0.117. The van der Waals surface area contributed by atoms with Crippen LogP contribution in [-0.4, -0.2) is 34.9 Å². The molecular weight excluding hydrogens is 292 g/mol. The van der Waals surface area contributed by atoms with E-state index in [2.05, 4.69) is 9.72 Å². The van der Waals surface area contributed by atoms with Crippen LogP contribution in [0, 0.1) is 0 Å². The minimum Gasteiger partial charge on any atom is -0.464 e. The van der Waals surface area contributed by atoms with Crippen LogP contribution in [0.15, 0.2) is 28.2 Å². The lowest BCUT2D eigenvalue weighted by molar-refractivity contribution is 0.0594. The lowest BCUT2D eigenvalue weighted by atomic mass is 10.3. The van der Waals surface area contributed by atoms with Gasteiger partial charge in [-0.05, 0) is 24.3 Å². The number of carbonyl (C=O) groups excluding carboxylic acids is 2. The van der Waals surface area contributed by atoms with E-state index in [-0.39, 0.29) is 24.2 Å². The van der Waals surface area contributed by atoms with Gasteiger partial charge in [0.1, 0.15) is 6.26 Å². The summed E-state index contributed by atoms with van der Waals surface area (Å²) in [4.78, 5) is 30.3. The number of aromatic nitrogens is 1. The van der Waals surface area contributed by atoms with Gasteiger partial charge in [-0.2, -0.15) is 0 Å². The largest absolute Gasteiger partial charge is 0.464 e. The fourth-order valence-electron chi connectivity index (χ4n) is 2.02. The molecule has 0 N–H and O–H groups in total. The maximum atomic E-state index is 12.5. The Kier molecular flexibility index (Phi) is 3.74. The average molecular weight is 306 g/mol. The highest BCUT2D eigenvalue weighted by Gasteiger charge is 2.34. The Bertz CT molecular complexity index is 646. The van der Waals surface area contributed by atoms with E-state index >= 15 is 0 Å². The SMILES string of the molecule is COC(=O)c1coc(CN(C(=O)c2cccs2)C2CC2)n1. The number of hydrogen-bond donors (Lipinski definition) is 0. The third-order valence-electron chi connectivity index (χ3n) is 3.23. The predicted octanol–water partition coefficient (Wildman–Crippen LogP) is 2.33. The molecule has 0 aliphatic heterocycles. The van der Waals surface area contributed by atoms with Gasteiger partial charge in [-0.25, -0.2) is 9.78 Å². The molecule has 1 saturated carbocycles. The number of thiophene rings is 1. The third kappa shape index (κ3) is 2.97. The van der Waals surface area contributed by atoms with Gasteiger partial charge in [-0.1, -0.05) is 6.07 Å². The van der Waals surface area contributed by atoms with Crippen molar-refractivity contribution in [3.63, 3.8) is 0 Å². The summed E-state index contributed by atoms with van der Waals surface area (Å²) in [6, 6.07) is 3.88. The topological polar surface area (TPSA) is 72.6 Å². The maximum Gasteiger partial charge on any atom is 0.360 e. The molecule has 1 fully saturated rings. The van der Waals surface area contributed by atoms with Crippen molar-refractivity contribution in [2.24, 2.45) is 0 Å². The zero-order valence-corrected chi connectivity index (χ0v) is 12.3. The van der Waals surface area contributed by atoms with E-state index in [4.69, 9.17) is 4.42 Å². The molecule has 0 unspecified atom stereocenters. The molecule has 21 heavy (non-hydrogen) atoms. The van der Waals surface area contributed by atoms with Crippen LogP contribution in [0.1, 0.15) is 38.9 Å². The maximum absolute atomic E-state index is 12.5. The van der Waals surface area contributed by atoms with Crippen LogP contribution in [0.3, 0.4) is 0 Å². The van der Waals surface area contributed by atoms with Crippen molar-refractivity contribution in [1.82, 2.24) is 9.88 Å². The molecule has 110 valence electrons. The van der Waals surface area contributed by atoms with Crippen molar-refractivity contribution in [2.45, 2.75) is 25.4 Å². The van der Waals surface area contributed by atoms with Gasteiger partial charge in [0.05, 0.1) is 18.5 Å². The fraction of sp³-hybridized carbons (Fsp3) is 0.357. The van der Waals surface area contributed by atoms with Crippen molar-refractivity contribution >= 4 is 23.2 Å². The number of amides is 1. The molecule has 0 saturated heterocycles. The Morgan fingerprint density at radius 1 is 1.52 bits per heavy atom. The summed E-state index contributed by atoms with van der Waals surface area (Å²) in [6.45, 7) is 0.262. The number of methoxy groups -OCH3 is 1. The van der Waals surface area contributed by atoms with E-state index in [1.54, 1.807) is 11.0 Å². The lowest BCUT2D eigenvalue weighted by Gasteiger charge is -2.19. The highest BCUT2D eigenvalue weighted by atomic mass is 32.1. The highest BCUT2D eigenvalue weighted by molar-refractivity contribution is 7.12. The number of oxazole rings is 1. The van der Waals surface area contributed by atoms with E-state index in [1.165, 1.54) is 24.7 Å². The fourth-order valence-corrected chi connectivity index (χ4v) is 2.70. The van der Waals surface area contributed by atoms with E-state index in [1.807, 2.05) is 11.4 Å². The first-order valence-corrected chi connectivity index (χ1v) is 7.44. The normalized spacial score (nSPS) is 14.0. The smallest absolute Gasteiger partial charge is 0.360 e. The molecule has 1 amide bonds. The molecule has 2 aromatic heterocycles. The molecule has 1 aliphatic carbocycles. The molecule has 1 aliphatic rings. The van der Waals surface area contributed by atoms with Crippen LogP contribution in [0.25, 0.3) is 0 Å². The van der Waals surface area contributed by atoms with Crippen LogP contribution in [0.5, 0.6) is 0 Å². The Morgan fingerprint density at radius 3 is 2.95 bits per heavy atom. The highest BCUT2D eigenvalue weighted by Crippen LogP contribution is 2.30. The number of hydrogen-bond acceptors (Lipinski definition) is 6. The molecule has 0 bridgehead atoms. The number of rotatable bonds is 5. The molecule has 0 radical (unpaired) electrons. The van der Waals surface area contributed by atoms with Gasteiger partial charge in [-0.15, -0.1) is 11.3 Å². The second-order valence-corrected chi connectivity index (χ2v) is 5.71. The van der Waals surface area contributed by atoms with Gasteiger partial charge >= 0.3 is 5.97 Å². The summed E-state index contributed by atoms with van der Waals surface area (Å²) < 4.78 is 9.84. The standard InChI is InChI=1S/C14H14N2O4S/c1-19-14(18)10-8-20-12(15-10)7-16(9-4-5-9)13(17)11-3-2-6-21-11/h2-3,6,8-9H,4-5,7H2,1H3. The Morgan fingerprint density at radius 2 is 2.33 bits per heavy atom. The van der Waals surface area contributed by atoms with Gasteiger partial charge < -0.3 is 14.1 Å². The first kappa shape index (κ1) is 13.8. The first-order chi connectivity index (χ1) is 10.2. The van der Waals surface area contributed by atoms with Gasteiger partial charge in [0.2, 0.25) is 5.89 Å². The molecule has 2 aromatic rings. The van der Waals surface area contributed by atoms with E-state index in [0.717, 1.165) is 12.8 Å². The van der Waals surface area contributed by atoms with E-state index < -0.39 is 5.97 Å². The van der Waals surface area contributed by atoms with Crippen LogP contribution in [0.4, 0.5) is 0 Å². The lowest BCUT2D eigenvalue weighted by Crippen LogP contribution is -2.32. The van der Waals surface area contributed by atoms with E-state index in [9.17, 15) is 9.59 Å². The van der Waals surface area contributed by atoms with Crippen molar-refractivity contribution < 1.29 is 18.7 Å². The van der Waals surface area contributed by atoms with Crippen molar-refractivity contribution in [3.8, 4) is 0 Å². The van der Waals surface area contributed by atoms with Crippen LogP contribution < -0.4 is 0 Å². The Balaban J connectivity index is 1.75. The summed E-state index contributed by atoms with van der Waals surface area (Å²) in [7, 11) is 1.29. The van der Waals surface area contributed by atoms with Gasteiger partial charge in [0.15, 0.2) is 5.69 Å². The number of ether oxygens (including phenoxy) is 1. The Labute approximate surface area is 125 Å². The second kappa shape index (κ2) is 5.69. The average Bonchev–Trinajstić information content (AvgIpc) is 3.02. The quantitative estimate of drug-likeness (QED) is 0.793.